The number of carbonyl (C=O) groups excluding carboxylic acids is 1. The Morgan fingerprint density at radius 3 is 2.00 bits per heavy atom. The largest absolute Gasteiger partial charge is 0.481 e. The van der Waals surface area contributed by atoms with Crippen molar-refractivity contribution in [1.82, 2.24) is 19.9 Å². The summed E-state index contributed by atoms with van der Waals surface area (Å²) < 4.78 is 5.06. The number of H-pyrrole nitrogens is 4. The topological polar surface area (TPSA) is 127 Å². The van der Waals surface area contributed by atoms with Crippen molar-refractivity contribution >= 4 is 48.9 Å². The van der Waals surface area contributed by atoms with Gasteiger partial charge in [-0.1, -0.05) is 25.3 Å². The molecule has 216 valence electrons. The smallest absolute Gasteiger partial charge is 0.303 e. The lowest BCUT2D eigenvalue weighted by Crippen LogP contribution is -2.14. The van der Waals surface area contributed by atoms with Gasteiger partial charge in [0, 0.05) is 68.1 Å². The molecule has 0 radical (unpaired) electrons. The Labute approximate surface area is 243 Å². The minimum atomic E-state index is -0.849. The Bertz CT molecular complexity index is 1990. The van der Waals surface area contributed by atoms with E-state index in [0.29, 0.717) is 19.3 Å². The highest BCUT2D eigenvalue weighted by Crippen LogP contribution is 2.23. The van der Waals surface area contributed by atoms with E-state index < -0.39 is 5.97 Å². The number of fused-ring (bicyclic) bond motifs is 8. The highest BCUT2D eigenvalue weighted by atomic mass is 16.5. The van der Waals surface area contributed by atoms with E-state index in [1.54, 1.807) is 0 Å². The summed E-state index contributed by atoms with van der Waals surface area (Å²) in [5.41, 5.74) is 11.8. The summed E-state index contributed by atoms with van der Waals surface area (Å²) in [4.78, 5) is 36.8. The van der Waals surface area contributed by atoms with Crippen molar-refractivity contribution in [3.8, 4) is 0 Å². The molecule has 0 saturated heterocycles. The lowest BCUT2D eigenvalue weighted by atomic mass is 10.0. The molecule has 8 nitrogen and oxygen atoms in total. The minimum Gasteiger partial charge on any atom is -0.481 e. The van der Waals surface area contributed by atoms with Gasteiger partial charge < -0.3 is 29.8 Å². The van der Waals surface area contributed by atoms with Gasteiger partial charge in [0.2, 0.25) is 0 Å². The molecule has 5 rings (SSSR count). The summed E-state index contributed by atoms with van der Waals surface area (Å²) in [5.74, 6) is -0.849. The Balaban J connectivity index is 1.91. The van der Waals surface area contributed by atoms with E-state index in [-0.39, 0.29) is 13.0 Å². The average Bonchev–Trinajstić information content (AvgIpc) is 3.61. The quantitative estimate of drug-likeness (QED) is 0.139. The molecular formula is C34H36N4O4. The standard InChI is InChI=1S/C34H36N4O4/c1-7-22-18(3)26-13-27-21(6)25(11-12-42-17-39)33(37-27)16-32-24(9-10-34(40)41)20(5)29(38-32)15-31-23(8-2)19(4)28(36-31)14-30(22)35-26/h7-8,13-17,35-38H,1-2,9-12H2,3-6H3,(H,40,41). The molecule has 0 atom stereocenters. The Hall–Kier alpha value is -4.98. The van der Waals surface area contributed by atoms with E-state index >= 15 is 0 Å². The van der Waals surface area contributed by atoms with Crippen LogP contribution in [0.1, 0.15) is 73.7 Å². The summed E-state index contributed by atoms with van der Waals surface area (Å²) in [5, 5.41) is 13.1. The lowest BCUT2D eigenvalue weighted by Gasteiger charge is -2.02. The van der Waals surface area contributed by atoms with E-state index in [2.05, 4.69) is 72.1 Å². The molecule has 0 amide bonds. The first-order valence-corrected chi connectivity index (χ1v) is 14.0. The molecule has 0 fully saturated rings. The number of hydrogen-bond donors (Lipinski definition) is 5. The number of ether oxygens (including phenoxy) is 1. The summed E-state index contributed by atoms with van der Waals surface area (Å²) >= 11 is 0. The van der Waals surface area contributed by atoms with Crippen molar-refractivity contribution in [2.75, 3.05) is 6.61 Å². The van der Waals surface area contributed by atoms with Gasteiger partial charge in [-0.25, -0.2) is 0 Å². The van der Waals surface area contributed by atoms with Crippen molar-refractivity contribution in [3.05, 3.63) is 102 Å². The second-order valence-corrected chi connectivity index (χ2v) is 10.7. The Kier molecular flexibility index (Phi) is 7.81. The van der Waals surface area contributed by atoms with Crippen molar-refractivity contribution in [2.45, 2.75) is 47.0 Å². The van der Waals surface area contributed by atoms with Gasteiger partial charge in [0.15, 0.2) is 0 Å². The molecule has 4 aromatic rings. The highest BCUT2D eigenvalue weighted by molar-refractivity contribution is 5.72. The third-order valence-corrected chi connectivity index (χ3v) is 8.33. The van der Waals surface area contributed by atoms with Gasteiger partial charge in [0.05, 0.1) is 6.61 Å². The van der Waals surface area contributed by atoms with Crippen molar-refractivity contribution in [3.63, 3.8) is 0 Å². The van der Waals surface area contributed by atoms with E-state index in [9.17, 15) is 14.7 Å². The second kappa shape index (κ2) is 11.5. The summed E-state index contributed by atoms with van der Waals surface area (Å²) in [6, 6.07) is 0. The Morgan fingerprint density at radius 1 is 0.714 bits per heavy atom. The van der Waals surface area contributed by atoms with Gasteiger partial charge in [-0.15, -0.1) is 0 Å². The molecule has 0 unspecified atom stereocenters. The first kappa shape index (κ1) is 28.5. The molecule has 0 spiro atoms. The van der Waals surface area contributed by atoms with Crippen LogP contribution in [0.15, 0.2) is 13.2 Å². The maximum Gasteiger partial charge on any atom is 0.303 e. The molecule has 4 aromatic heterocycles. The van der Waals surface area contributed by atoms with Crippen LogP contribution in [0.25, 0.3) is 36.5 Å². The zero-order chi connectivity index (χ0) is 30.1. The second-order valence-electron chi connectivity index (χ2n) is 10.7. The number of aliphatic carboxylic acids is 1. The van der Waals surface area contributed by atoms with Gasteiger partial charge in [0.1, 0.15) is 0 Å². The van der Waals surface area contributed by atoms with Crippen molar-refractivity contribution < 1.29 is 19.4 Å². The normalized spacial score (nSPS) is 12.0. The fourth-order valence-electron chi connectivity index (χ4n) is 5.90. The van der Waals surface area contributed by atoms with Gasteiger partial charge >= 0.3 is 5.97 Å². The SMILES string of the molecule is C=Cc1c2[nH]c(c1C)C=c1[nH]c(c(CCOC=O)c1C)=Cc1[nH]c(c(C)c1CCC(=O)O)C=c1[nH]c(c(C)c1C=C)=C2. The number of aromatic nitrogens is 4. The number of carboxylic acids is 1. The molecule has 8 heteroatoms. The maximum absolute atomic E-state index is 11.5. The number of aromatic amines is 4. The van der Waals surface area contributed by atoms with E-state index in [0.717, 1.165) is 88.7 Å². The summed E-state index contributed by atoms with van der Waals surface area (Å²) in [6.07, 6.45) is 12.9. The Morgan fingerprint density at radius 2 is 1.31 bits per heavy atom. The number of carboxylic acid groups (broad SMARTS) is 1. The molecule has 42 heavy (non-hydrogen) atoms. The van der Waals surface area contributed by atoms with Crippen LogP contribution in [0, 0.1) is 27.7 Å². The van der Waals surface area contributed by atoms with Crippen molar-refractivity contribution in [1.29, 1.82) is 0 Å². The zero-order valence-corrected chi connectivity index (χ0v) is 24.5. The number of rotatable bonds is 9. The predicted octanol–water partition coefficient (Wildman–Crippen LogP) is 2.88. The molecule has 5 N–H and O–H groups in total. The van der Waals surface area contributed by atoms with Crippen LogP contribution < -0.4 is 21.4 Å². The third kappa shape index (κ3) is 5.11. The predicted molar refractivity (Wildman–Crippen MR) is 167 cm³/mol. The van der Waals surface area contributed by atoms with Gasteiger partial charge in [0.25, 0.3) is 6.47 Å². The van der Waals surface area contributed by atoms with E-state index in [1.807, 2.05) is 25.2 Å². The van der Waals surface area contributed by atoms with Gasteiger partial charge in [-0.2, -0.15) is 0 Å². The molecule has 0 aromatic carbocycles. The lowest BCUT2D eigenvalue weighted by molar-refractivity contribution is -0.137. The fourth-order valence-corrected chi connectivity index (χ4v) is 5.90. The molecular weight excluding hydrogens is 528 g/mol. The van der Waals surface area contributed by atoms with Crippen LogP contribution in [0.2, 0.25) is 0 Å². The van der Waals surface area contributed by atoms with Crippen LogP contribution >= 0.6 is 0 Å². The van der Waals surface area contributed by atoms with Gasteiger partial charge in [-0.3, -0.25) is 9.59 Å². The number of hydrogen-bond acceptors (Lipinski definition) is 3. The number of nitrogens with one attached hydrogen (secondary N) is 4. The molecule has 8 bridgehead atoms. The zero-order valence-electron chi connectivity index (χ0n) is 24.5. The summed E-state index contributed by atoms with van der Waals surface area (Å²) in [6.45, 7) is 17.1. The third-order valence-electron chi connectivity index (χ3n) is 8.33. The number of carbonyl (C=O) groups is 2. The molecule has 1 aliphatic heterocycles. The first-order valence-electron chi connectivity index (χ1n) is 14.0. The minimum absolute atomic E-state index is 0.0141. The molecule has 1 aliphatic rings. The van der Waals surface area contributed by atoms with Crippen LogP contribution in [-0.2, 0) is 27.2 Å². The van der Waals surface area contributed by atoms with Crippen LogP contribution in [0.3, 0.4) is 0 Å². The fraction of sp³-hybridized carbons (Fsp3) is 0.235. The molecule has 0 aliphatic carbocycles. The van der Waals surface area contributed by atoms with Crippen LogP contribution in [0.5, 0.6) is 0 Å². The van der Waals surface area contributed by atoms with Crippen LogP contribution in [0.4, 0.5) is 0 Å². The monoisotopic (exact) mass is 564 g/mol. The van der Waals surface area contributed by atoms with Crippen molar-refractivity contribution in [2.24, 2.45) is 0 Å². The van der Waals surface area contributed by atoms with Gasteiger partial charge in [-0.05, 0) is 91.8 Å². The summed E-state index contributed by atoms with van der Waals surface area (Å²) in [7, 11) is 0. The molecule has 0 saturated carbocycles. The van der Waals surface area contributed by atoms with Crippen LogP contribution in [-0.4, -0.2) is 44.1 Å². The average molecular weight is 565 g/mol. The van der Waals surface area contributed by atoms with E-state index in [1.165, 1.54) is 0 Å². The maximum atomic E-state index is 11.5. The first-order chi connectivity index (χ1) is 20.2. The highest BCUT2D eigenvalue weighted by Gasteiger charge is 2.17. The molecule has 5 heterocycles. The van der Waals surface area contributed by atoms with E-state index in [4.69, 9.17) is 4.74 Å².